The number of rotatable bonds is 2. The third-order valence-corrected chi connectivity index (χ3v) is 5.16. The number of ketones is 1. The summed E-state index contributed by atoms with van der Waals surface area (Å²) in [6, 6.07) is 7.79. The van der Waals surface area contributed by atoms with E-state index < -0.39 is 5.41 Å². The summed E-state index contributed by atoms with van der Waals surface area (Å²) in [6.45, 7) is 3.82. The van der Waals surface area contributed by atoms with Gasteiger partial charge in [0, 0.05) is 11.0 Å². The molecule has 2 heterocycles. The summed E-state index contributed by atoms with van der Waals surface area (Å²) < 4.78 is 0. The summed E-state index contributed by atoms with van der Waals surface area (Å²) in [5.74, 6) is -0.119. The van der Waals surface area contributed by atoms with Gasteiger partial charge in [0.2, 0.25) is 5.91 Å². The van der Waals surface area contributed by atoms with Crippen LogP contribution in [0.25, 0.3) is 0 Å². The molecule has 2 aliphatic heterocycles. The van der Waals surface area contributed by atoms with Gasteiger partial charge < -0.3 is 0 Å². The van der Waals surface area contributed by atoms with Crippen LogP contribution < -0.4 is 4.90 Å². The van der Waals surface area contributed by atoms with Gasteiger partial charge in [0.05, 0.1) is 10.7 Å². The number of fused-ring (bicyclic) bond motifs is 3. The number of carbonyl (C=O) groups is 2. The maximum atomic E-state index is 12.8. The van der Waals surface area contributed by atoms with Crippen LogP contribution in [0.1, 0.15) is 26.7 Å². The second-order valence-electron chi connectivity index (χ2n) is 4.85. The van der Waals surface area contributed by atoms with Crippen molar-refractivity contribution < 1.29 is 9.59 Å². The monoisotopic (exact) mass is 273 g/mol. The molecule has 0 atom stereocenters. The lowest BCUT2D eigenvalue weighted by Crippen LogP contribution is -2.49. The fraction of sp³-hybridized carbons (Fsp3) is 0.333. The molecular formula is C15H15NO2S. The van der Waals surface area contributed by atoms with Crippen molar-refractivity contribution in [1.29, 1.82) is 0 Å². The van der Waals surface area contributed by atoms with E-state index in [1.54, 1.807) is 11.0 Å². The number of thioether (sulfide) groups is 1. The topological polar surface area (TPSA) is 37.4 Å². The van der Waals surface area contributed by atoms with Crippen LogP contribution in [-0.4, -0.2) is 11.7 Å². The highest BCUT2D eigenvalue weighted by atomic mass is 32.2. The minimum Gasteiger partial charge on any atom is -0.294 e. The lowest BCUT2D eigenvalue weighted by molar-refractivity contribution is -0.138. The Kier molecular flexibility index (Phi) is 2.78. The Morgan fingerprint density at radius 2 is 1.84 bits per heavy atom. The van der Waals surface area contributed by atoms with Gasteiger partial charge in [-0.3, -0.25) is 14.5 Å². The highest BCUT2D eigenvalue weighted by molar-refractivity contribution is 8.03. The lowest BCUT2D eigenvalue weighted by Gasteiger charge is -2.36. The van der Waals surface area contributed by atoms with Crippen molar-refractivity contribution in [3.8, 4) is 0 Å². The Morgan fingerprint density at radius 1 is 1.16 bits per heavy atom. The number of benzene rings is 1. The van der Waals surface area contributed by atoms with E-state index in [9.17, 15) is 9.59 Å². The second-order valence-corrected chi connectivity index (χ2v) is 5.91. The van der Waals surface area contributed by atoms with Gasteiger partial charge in [-0.1, -0.05) is 37.7 Å². The molecule has 0 saturated heterocycles. The number of anilines is 1. The summed E-state index contributed by atoms with van der Waals surface area (Å²) in [4.78, 5) is 27.9. The predicted molar refractivity (Wildman–Crippen MR) is 75.9 cm³/mol. The Hall–Kier alpha value is -1.55. The molecule has 1 aromatic carbocycles. The molecule has 1 aromatic rings. The summed E-state index contributed by atoms with van der Waals surface area (Å²) >= 11 is 1.49. The molecule has 0 fully saturated rings. The second kappa shape index (κ2) is 4.23. The third-order valence-electron chi connectivity index (χ3n) is 4.09. The van der Waals surface area contributed by atoms with Crippen LogP contribution in [0.5, 0.6) is 0 Å². The molecule has 19 heavy (non-hydrogen) atoms. The molecule has 0 aromatic heterocycles. The molecule has 0 aliphatic carbocycles. The van der Waals surface area contributed by atoms with Crippen molar-refractivity contribution in [2.24, 2.45) is 5.41 Å². The molecule has 2 aliphatic rings. The van der Waals surface area contributed by atoms with Gasteiger partial charge >= 0.3 is 0 Å². The fourth-order valence-corrected chi connectivity index (χ4v) is 3.85. The van der Waals surface area contributed by atoms with Crippen LogP contribution in [-0.2, 0) is 9.59 Å². The number of amides is 1. The first-order valence-corrected chi connectivity index (χ1v) is 7.33. The van der Waals surface area contributed by atoms with Crippen molar-refractivity contribution in [3.05, 3.63) is 35.4 Å². The highest BCUT2D eigenvalue weighted by Crippen LogP contribution is 2.51. The number of hydrogen-bond acceptors (Lipinski definition) is 3. The molecule has 0 N–H and O–H groups in total. The van der Waals surface area contributed by atoms with Crippen LogP contribution in [0.2, 0.25) is 0 Å². The van der Waals surface area contributed by atoms with Gasteiger partial charge in [-0.2, -0.15) is 0 Å². The average Bonchev–Trinajstić information content (AvgIpc) is 2.78. The number of carbonyl (C=O) groups excluding carboxylic acids is 2. The molecule has 0 spiro atoms. The molecule has 1 amide bonds. The summed E-state index contributed by atoms with van der Waals surface area (Å²) in [5, 5.41) is 0.744. The standard InChI is InChI=1S/C15H15NO2S/c1-3-15(4-2)12(17)9-13-16(14(15)18)10-7-5-6-8-11(10)19-13/h5-9H,3-4H2,1-2H3. The fourth-order valence-electron chi connectivity index (χ4n) is 2.78. The van der Waals surface area contributed by atoms with Gasteiger partial charge in [0.25, 0.3) is 0 Å². The number of para-hydroxylation sites is 1. The first-order chi connectivity index (χ1) is 9.14. The minimum absolute atomic E-state index is 0.0472. The van der Waals surface area contributed by atoms with Crippen molar-refractivity contribution in [2.45, 2.75) is 31.6 Å². The van der Waals surface area contributed by atoms with E-state index in [0.29, 0.717) is 12.8 Å². The molecule has 98 valence electrons. The minimum atomic E-state index is -0.874. The predicted octanol–water partition coefficient (Wildman–Crippen LogP) is 3.36. The third kappa shape index (κ3) is 1.53. The lowest BCUT2D eigenvalue weighted by atomic mass is 9.75. The van der Waals surface area contributed by atoms with E-state index in [0.717, 1.165) is 15.6 Å². The van der Waals surface area contributed by atoms with Gasteiger partial charge in [0.15, 0.2) is 5.78 Å². The van der Waals surface area contributed by atoms with Crippen LogP contribution >= 0.6 is 11.8 Å². The maximum absolute atomic E-state index is 12.8. The molecule has 3 nitrogen and oxygen atoms in total. The Bertz CT molecular complexity index is 602. The molecule has 3 rings (SSSR count). The van der Waals surface area contributed by atoms with E-state index in [-0.39, 0.29) is 11.7 Å². The Labute approximate surface area is 116 Å². The number of nitrogens with zero attached hydrogens (tertiary/aromatic N) is 1. The molecule has 0 unspecified atom stereocenters. The summed E-state index contributed by atoms with van der Waals surface area (Å²) in [5.41, 5.74) is 0.0316. The summed E-state index contributed by atoms with van der Waals surface area (Å²) in [6.07, 6.45) is 2.74. The van der Waals surface area contributed by atoms with E-state index in [1.165, 1.54) is 11.8 Å². The SMILES string of the molecule is CCC1(CC)C(=O)C=C2Sc3ccccc3N2C1=O. The number of hydrogen-bond donors (Lipinski definition) is 0. The number of allylic oxidation sites excluding steroid dienone is 1. The molecule has 0 saturated carbocycles. The zero-order chi connectivity index (χ0) is 13.6. The van der Waals surface area contributed by atoms with E-state index in [1.807, 2.05) is 38.1 Å². The first-order valence-electron chi connectivity index (χ1n) is 6.51. The average molecular weight is 273 g/mol. The Morgan fingerprint density at radius 3 is 2.53 bits per heavy atom. The largest absolute Gasteiger partial charge is 0.294 e. The van der Waals surface area contributed by atoms with Gasteiger partial charge in [-0.25, -0.2) is 0 Å². The summed E-state index contributed by atoms with van der Waals surface area (Å²) in [7, 11) is 0. The molecule has 0 radical (unpaired) electrons. The van der Waals surface area contributed by atoms with E-state index in [4.69, 9.17) is 0 Å². The van der Waals surface area contributed by atoms with Crippen LogP contribution in [0.3, 0.4) is 0 Å². The Balaban J connectivity index is 2.17. The quantitative estimate of drug-likeness (QED) is 0.775. The molecule has 4 heteroatoms. The smallest absolute Gasteiger partial charge is 0.246 e. The zero-order valence-electron chi connectivity index (χ0n) is 11.0. The molecular weight excluding hydrogens is 258 g/mol. The van der Waals surface area contributed by atoms with Gasteiger partial charge in [-0.05, 0) is 25.0 Å². The van der Waals surface area contributed by atoms with E-state index in [2.05, 4.69) is 0 Å². The van der Waals surface area contributed by atoms with Gasteiger partial charge in [0.1, 0.15) is 5.41 Å². The first kappa shape index (κ1) is 12.5. The van der Waals surface area contributed by atoms with Crippen LogP contribution in [0.15, 0.2) is 40.3 Å². The highest BCUT2D eigenvalue weighted by Gasteiger charge is 2.50. The van der Waals surface area contributed by atoms with Crippen LogP contribution in [0.4, 0.5) is 5.69 Å². The van der Waals surface area contributed by atoms with Crippen molar-refractivity contribution >= 4 is 29.1 Å². The van der Waals surface area contributed by atoms with Gasteiger partial charge in [-0.15, -0.1) is 0 Å². The molecule has 0 bridgehead atoms. The zero-order valence-corrected chi connectivity index (χ0v) is 11.8. The van der Waals surface area contributed by atoms with Crippen molar-refractivity contribution in [3.63, 3.8) is 0 Å². The normalized spacial score (nSPS) is 20.1. The maximum Gasteiger partial charge on any atom is 0.246 e. The van der Waals surface area contributed by atoms with E-state index >= 15 is 0 Å². The van der Waals surface area contributed by atoms with Crippen molar-refractivity contribution in [2.75, 3.05) is 4.90 Å². The van der Waals surface area contributed by atoms with Crippen LogP contribution in [0, 0.1) is 5.41 Å². The van der Waals surface area contributed by atoms with Crippen molar-refractivity contribution in [1.82, 2.24) is 0 Å².